The topological polar surface area (TPSA) is 55.7 Å². The van der Waals surface area contributed by atoms with Gasteiger partial charge in [-0.3, -0.25) is 0 Å². The first-order valence-electron chi connectivity index (χ1n) is 12.1. The Hall–Kier alpha value is -4.19. The minimum atomic E-state index is -0.287. The highest BCUT2D eigenvalue weighted by molar-refractivity contribution is 5.92. The van der Waals surface area contributed by atoms with Gasteiger partial charge in [0.15, 0.2) is 0 Å². The van der Waals surface area contributed by atoms with Gasteiger partial charge >= 0.3 is 6.03 Å². The molecular weight excluding hydrogens is 450 g/mol. The van der Waals surface area contributed by atoms with Crippen molar-refractivity contribution in [1.82, 2.24) is 9.47 Å². The molecule has 6 heteroatoms. The number of aromatic nitrogens is 1. The summed E-state index contributed by atoms with van der Waals surface area (Å²) < 4.78 is 13.1. The molecule has 4 aromatic rings. The van der Waals surface area contributed by atoms with Crippen LogP contribution >= 0.6 is 0 Å². The highest BCUT2D eigenvalue weighted by Gasteiger charge is 2.33. The molecule has 0 bridgehead atoms. The van der Waals surface area contributed by atoms with Crippen LogP contribution in [0.2, 0.25) is 0 Å². The van der Waals surface area contributed by atoms with Crippen LogP contribution in [0, 0.1) is 0 Å². The van der Waals surface area contributed by atoms with Crippen LogP contribution in [-0.2, 0) is 6.54 Å². The minimum absolute atomic E-state index is 0.219. The van der Waals surface area contributed by atoms with E-state index in [0.717, 1.165) is 22.5 Å². The number of carbonyl (C=O) groups excluding carboxylic acids is 1. The number of hydrogen-bond donors (Lipinski definition) is 1. The number of rotatable bonds is 5. The third kappa shape index (κ3) is 4.31. The van der Waals surface area contributed by atoms with E-state index in [-0.39, 0.29) is 12.1 Å². The van der Waals surface area contributed by atoms with E-state index in [1.54, 1.807) is 26.4 Å². The summed E-state index contributed by atoms with van der Waals surface area (Å²) in [4.78, 5) is 15.9. The van der Waals surface area contributed by atoms with E-state index in [1.165, 1.54) is 5.56 Å². The highest BCUT2D eigenvalue weighted by atomic mass is 16.5. The number of anilines is 1. The van der Waals surface area contributed by atoms with Crippen molar-refractivity contribution in [2.75, 3.05) is 19.5 Å². The Morgan fingerprint density at radius 3 is 2.44 bits per heavy atom. The summed E-state index contributed by atoms with van der Waals surface area (Å²) in [5.41, 5.74) is 6.07. The summed E-state index contributed by atoms with van der Waals surface area (Å²) in [5, 5.41) is 3.09. The van der Waals surface area contributed by atoms with E-state index in [4.69, 9.17) is 9.47 Å². The van der Waals surface area contributed by atoms with Crippen molar-refractivity contribution in [3.05, 3.63) is 107 Å². The number of urea groups is 1. The number of nitrogens with one attached hydrogen (secondary N) is 1. The number of amides is 2. The molecule has 1 aromatic heterocycles. The Kier molecular flexibility index (Phi) is 6.42. The molecular formula is C30H31N3O3. The second-order valence-electron chi connectivity index (χ2n) is 9.28. The molecule has 0 unspecified atom stereocenters. The summed E-state index contributed by atoms with van der Waals surface area (Å²) in [6.45, 7) is 4.82. The number of hydrogen-bond acceptors (Lipinski definition) is 3. The maximum Gasteiger partial charge on any atom is 0.323 e. The molecule has 36 heavy (non-hydrogen) atoms. The maximum absolute atomic E-state index is 14.0. The van der Waals surface area contributed by atoms with Gasteiger partial charge in [-0.15, -0.1) is 0 Å². The van der Waals surface area contributed by atoms with Gasteiger partial charge in [0, 0.05) is 18.0 Å². The first-order valence-corrected chi connectivity index (χ1v) is 12.1. The molecule has 2 heterocycles. The molecule has 0 saturated carbocycles. The molecule has 184 valence electrons. The second-order valence-corrected chi connectivity index (χ2v) is 9.28. The molecule has 2 amide bonds. The standard InChI is InChI=1S/C30H31N3O3/c1-20(2)21-11-13-22(14-12-21)29-27-10-7-17-32(27)26-9-6-5-8-23(26)19-33(29)30(34)31-25-18-24(35-3)15-16-28(25)36-4/h5-18,20,29H,19H2,1-4H3,(H,31,34)/t29-/m0/s1. The predicted octanol–water partition coefficient (Wildman–Crippen LogP) is 6.76. The van der Waals surface area contributed by atoms with Crippen LogP contribution in [0.4, 0.5) is 10.5 Å². The zero-order valence-electron chi connectivity index (χ0n) is 21.1. The van der Waals surface area contributed by atoms with Crippen molar-refractivity contribution in [1.29, 1.82) is 0 Å². The largest absolute Gasteiger partial charge is 0.497 e. The van der Waals surface area contributed by atoms with Crippen molar-refractivity contribution in [2.24, 2.45) is 0 Å². The second kappa shape index (κ2) is 9.82. The molecule has 1 N–H and O–H groups in total. The summed E-state index contributed by atoms with van der Waals surface area (Å²) in [6, 6.07) is 25.8. The van der Waals surface area contributed by atoms with Gasteiger partial charge in [-0.05, 0) is 52.9 Å². The lowest BCUT2D eigenvalue weighted by Crippen LogP contribution is -2.38. The van der Waals surface area contributed by atoms with E-state index in [9.17, 15) is 4.79 Å². The lowest BCUT2D eigenvalue weighted by molar-refractivity contribution is 0.194. The van der Waals surface area contributed by atoms with E-state index in [0.29, 0.717) is 29.6 Å². The van der Waals surface area contributed by atoms with Crippen molar-refractivity contribution >= 4 is 11.7 Å². The first-order chi connectivity index (χ1) is 17.5. The Bertz CT molecular complexity index is 1370. The molecule has 1 atom stereocenters. The smallest absolute Gasteiger partial charge is 0.323 e. The fourth-order valence-corrected chi connectivity index (χ4v) is 4.85. The zero-order chi connectivity index (χ0) is 25.2. The number of ether oxygens (including phenoxy) is 2. The van der Waals surface area contributed by atoms with Crippen LogP contribution in [0.3, 0.4) is 0 Å². The number of carbonyl (C=O) groups is 1. The fourth-order valence-electron chi connectivity index (χ4n) is 4.85. The Balaban J connectivity index is 1.61. The third-order valence-electron chi connectivity index (χ3n) is 6.79. The minimum Gasteiger partial charge on any atom is -0.497 e. The SMILES string of the molecule is COc1ccc(OC)c(NC(=O)N2Cc3ccccc3-n3cccc3[C@@H]2c2ccc(C(C)C)cc2)c1. The zero-order valence-corrected chi connectivity index (χ0v) is 21.1. The van der Waals surface area contributed by atoms with Crippen molar-refractivity contribution in [3.63, 3.8) is 0 Å². The molecule has 0 aliphatic carbocycles. The maximum atomic E-state index is 14.0. The van der Waals surface area contributed by atoms with Crippen LogP contribution in [0.15, 0.2) is 85.1 Å². The van der Waals surface area contributed by atoms with Gasteiger partial charge in [0.25, 0.3) is 0 Å². The number of benzene rings is 3. The number of fused-ring (bicyclic) bond motifs is 3. The van der Waals surface area contributed by atoms with Gasteiger partial charge < -0.3 is 24.3 Å². The summed E-state index contributed by atoms with van der Waals surface area (Å²) >= 11 is 0. The number of nitrogens with zero attached hydrogens (tertiary/aromatic N) is 2. The van der Waals surface area contributed by atoms with Crippen LogP contribution in [-0.4, -0.2) is 29.7 Å². The van der Waals surface area contributed by atoms with Crippen molar-refractivity contribution in [3.8, 4) is 17.2 Å². The Labute approximate surface area is 212 Å². The normalized spacial score (nSPS) is 14.6. The average molecular weight is 482 g/mol. The number of para-hydroxylation sites is 1. The monoisotopic (exact) mass is 481 g/mol. The lowest BCUT2D eigenvalue weighted by atomic mass is 9.97. The van der Waals surface area contributed by atoms with Crippen LogP contribution in [0.5, 0.6) is 11.5 Å². The van der Waals surface area contributed by atoms with Gasteiger partial charge in [0.2, 0.25) is 0 Å². The van der Waals surface area contributed by atoms with E-state index >= 15 is 0 Å². The van der Waals surface area contributed by atoms with Gasteiger partial charge in [0.1, 0.15) is 11.5 Å². The van der Waals surface area contributed by atoms with Gasteiger partial charge in [0.05, 0.1) is 38.2 Å². The summed E-state index contributed by atoms with van der Waals surface area (Å²) in [7, 11) is 3.19. The molecule has 0 saturated heterocycles. The van der Waals surface area contributed by atoms with Crippen molar-refractivity contribution in [2.45, 2.75) is 32.4 Å². The molecule has 6 nitrogen and oxygen atoms in total. The van der Waals surface area contributed by atoms with Crippen LogP contribution < -0.4 is 14.8 Å². The van der Waals surface area contributed by atoms with Crippen LogP contribution in [0.25, 0.3) is 5.69 Å². The number of methoxy groups -OCH3 is 2. The molecule has 5 rings (SSSR count). The van der Waals surface area contributed by atoms with Gasteiger partial charge in [-0.25, -0.2) is 4.79 Å². The van der Waals surface area contributed by atoms with Gasteiger partial charge in [-0.2, -0.15) is 0 Å². The predicted molar refractivity (Wildman–Crippen MR) is 142 cm³/mol. The summed E-state index contributed by atoms with van der Waals surface area (Å²) in [6.07, 6.45) is 2.07. The van der Waals surface area contributed by atoms with Crippen LogP contribution in [0.1, 0.15) is 48.2 Å². The molecule has 0 radical (unpaired) electrons. The Morgan fingerprint density at radius 2 is 1.72 bits per heavy atom. The summed E-state index contributed by atoms with van der Waals surface area (Å²) in [5.74, 6) is 1.64. The Morgan fingerprint density at radius 1 is 0.944 bits per heavy atom. The molecule has 0 spiro atoms. The average Bonchev–Trinajstić information content (AvgIpc) is 3.33. The molecule has 1 aliphatic heterocycles. The fraction of sp³-hybridized carbons (Fsp3) is 0.233. The molecule has 0 fully saturated rings. The lowest BCUT2D eigenvalue weighted by Gasteiger charge is -2.31. The van der Waals surface area contributed by atoms with Crippen molar-refractivity contribution < 1.29 is 14.3 Å². The third-order valence-corrected chi connectivity index (χ3v) is 6.79. The van der Waals surface area contributed by atoms with Gasteiger partial charge in [-0.1, -0.05) is 56.3 Å². The highest BCUT2D eigenvalue weighted by Crippen LogP contribution is 2.38. The first kappa shape index (κ1) is 23.5. The molecule has 1 aliphatic rings. The molecule has 3 aromatic carbocycles. The van der Waals surface area contributed by atoms with E-state index in [2.05, 4.69) is 72.4 Å². The quantitative estimate of drug-likeness (QED) is 0.343. The van der Waals surface area contributed by atoms with E-state index < -0.39 is 0 Å². The van der Waals surface area contributed by atoms with E-state index in [1.807, 2.05) is 29.2 Å².